The Hall–Kier alpha value is -2.64. The molecule has 6 nitrogen and oxygen atoms in total. The minimum Gasteiger partial charge on any atom is -0.341 e. The van der Waals surface area contributed by atoms with E-state index in [1.807, 2.05) is 30.9 Å². The van der Waals surface area contributed by atoms with Gasteiger partial charge in [-0.25, -0.2) is 9.37 Å². The van der Waals surface area contributed by atoms with E-state index >= 15 is 0 Å². The quantitative estimate of drug-likeness (QED) is 0.236. The van der Waals surface area contributed by atoms with Crippen LogP contribution >= 0.6 is 11.6 Å². The van der Waals surface area contributed by atoms with E-state index in [4.69, 9.17) is 16.6 Å². The topological polar surface area (TPSA) is 53.4 Å². The summed E-state index contributed by atoms with van der Waals surface area (Å²) >= 11 is 6.07. The van der Waals surface area contributed by atoms with E-state index in [1.165, 1.54) is 25.3 Å². The van der Waals surface area contributed by atoms with E-state index in [9.17, 15) is 9.18 Å². The van der Waals surface area contributed by atoms with E-state index in [2.05, 4.69) is 48.5 Å². The van der Waals surface area contributed by atoms with Crippen LogP contribution in [0, 0.1) is 17.7 Å². The molecular formula is C33H47ClFN5O. The molecule has 3 aromatic rings. The number of benzene rings is 2. The second kappa shape index (κ2) is 13.6. The van der Waals surface area contributed by atoms with E-state index in [0.29, 0.717) is 23.5 Å². The van der Waals surface area contributed by atoms with Gasteiger partial charge in [-0.1, -0.05) is 51.8 Å². The number of aromatic nitrogens is 2. The lowest BCUT2D eigenvalue weighted by Crippen LogP contribution is -2.46. The summed E-state index contributed by atoms with van der Waals surface area (Å²) in [6.45, 7) is 18.3. The molecule has 0 radical (unpaired) electrons. The molecule has 8 heteroatoms. The lowest BCUT2D eigenvalue weighted by Gasteiger charge is -2.34. The third-order valence-corrected chi connectivity index (χ3v) is 8.23. The molecule has 0 unspecified atom stereocenters. The highest BCUT2D eigenvalue weighted by Crippen LogP contribution is 2.32. The lowest BCUT2D eigenvalue weighted by atomic mass is 9.82. The van der Waals surface area contributed by atoms with Crippen LogP contribution in [0.1, 0.15) is 72.8 Å². The van der Waals surface area contributed by atoms with Crippen molar-refractivity contribution in [2.45, 2.75) is 79.2 Å². The first-order valence-electron chi connectivity index (χ1n) is 15.2. The van der Waals surface area contributed by atoms with Gasteiger partial charge in [0.1, 0.15) is 5.82 Å². The van der Waals surface area contributed by atoms with Crippen LogP contribution in [0.4, 0.5) is 16.0 Å². The second-order valence-corrected chi connectivity index (χ2v) is 13.3. The third kappa shape index (κ3) is 7.81. The van der Waals surface area contributed by atoms with Crippen LogP contribution in [0.2, 0.25) is 5.02 Å². The molecule has 2 aromatic carbocycles. The highest BCUT2D eigenvalue weighted by molar-refractivity contribution is 6.31. The zero-order chi connectivity index (χ0) is 29.7. The highest BCUT2D eigenvalue weighted by Gasteiger charge is 2.35. The molecule has 1 aliphatic rings. The molecule has 1 fully saturated rings. The number of imidazole rings is 1. The van der Waals surface area contributed by atoms with E-state index in [-0.39, 0.29) is 10.9 Å². The van der Waals surface area contributed by atoms with Crippen molar-refractivity contribution in [3.8, 4) is 0 Å². The predicted octanol–water partition coefficient (Wildman–Crippen LogP) is 7.87. The third-order valence-electron chi connectivity index (χ3n) is 7.94. The van der Waals surface area contributed by atoms with Gasteiger partial charge in [0.05, 0.1) is 21.5 Å². The van der Waals surface area contributed by atoms with Crippen LogP contribution in [0.5, 0.6) is 0 Å². The Labute approximate surface area is 250 Å². The minimum absolute atomic E-state index is 0.0673. The SMILES string of the molecule is CC(C)CN(CC(C)C)C(=O)C(C)(C)c1ccc2nc(Nc3ccc(F)c(Cl)c3)n(CCCN3CCCCC3)c2c1. The van der Waals surface area contributed by atoms with Crippen LogP contribution < -0.4 is 5.32 Å². The summed E-state index contributed by atoms with van der Waals surface area (Å²) in [7, 11) is 0. The van der Waals surface area contributed by atoms with Gasteiger partial charge in [0.25, 0.3) is 0 Å². The van der Waals surface area contributed by atoms with Crippen molar-refractivity contribution in [1.82, 2.24) is 19.4 Å². The monoisotopic (exact) mass is 583 g/mol. The van der Waals surface area contributed by atoms with Crippen LogP contribution in [0.15, 0.2) is 36.4 Å². The molecule has 0 spiro atoms. The number of likely N-dealkylation sites (tertiary alicyclic amines) is 1. The second-order valence-electron chi connectivity index (χ2n) is 12.9. The normalized spacial score (nSPS) is 14.8. The zero-order valence-electron chi connectivity index (χ0n) is 25.6. The Kier molecular flexibility index (Phi) is 10.3. The number of carbonyl (C=O) groups excluding carboxylic acids is 1. The zero-order valence-corrected chi connectivity index (χ0v) is 26.4. The van der Waals surface area contributed by atoms with Crippen molar-refractivity contribution in [2.75, 3.05) is 38.0 Å². The van der Waals surface area contributed by atoms with E-state index in [0.717, 1.165) is 62.3 Å². The number of carbonyl (C=O) groups is 1. The summed E-state index contributed by atoms with van der Waals surface area (Å²) in [5.74, 6) is 1.17. The first-order valence-corrected chi connectivity index (χ1v) is 15.6. The summed E-state index contributed by atoms with van der Waals surface area (Å²) < 4.78 is 16.0. The Morgan fingerprint density at radius 1 is 1.02 bits per heavy atom. The maximum atomic E-state index is 14.0. The van der Waals surface area contributed by atoms with Crippen LogP contribution in [0.25, 0.3) is 11.0 Å². The van der Waals surface area contributed by atoms with Crippen molar-refractivity contribution < 1.29 is 9.18 Å². The van der Waals surface area contributed by atoms with Gasteiger partial charge in [0.15, 0.2) is 0 Å². The number of rotatable bonds is 12. The maximum absolute atomic E-state index is 14.0. The molecule has 0 atom stereocenters. The molecule has 2 heterocycles. The van der Waals surface area contributed by atoms with E-state index in [1.54, 1.807) is 12.1 Å². The summed E-state index contributed by atoms with van der Waals surface area (Å²) in [5.41, 5.74) is 2.79. The molecule has 0 saturated carbocycles. The van der Waals surface area contributed by atoms with Gasteiger partial charge in [0, 0.05) is 25.3 Å². The van der Waals surface area contributed by atoms with Crippen molar-refractivity contribution >= 4 is 40.2 Å². The average Bonchev–Trinajstić information content (AvgIpc) is 3.26. The summed E-state index contributed by atoms with van der Waals surface area (Å²) in [6, 6.07) is 10.8. The van der Waals surface area contributed by atoms with Crippen LogP contribution in [0.3, 0.4) is 0 Å². The molecule has 1 amide bonds. The van der Waals surface area contributed by atoms with Gasteiger partial charge in [-0.2, -0.15) is 0 Å². The number of hydrogen-bond donors (Lipinski definition) is 1. The fourth-order valence-electron chi connectivity index (χ4n) is 5.81. The van der Waals surface area contributed by atoms with Gasteiger partial charge in [-0.15, -0.1) is 0 Å². The molecular weight excluding hydrogens is 537 g/mol. The average molecular weight is 584 g/mol. The molecule has 41 heavy (non-hydrogen) atoms. The number of fused-ring (bicyclic) bond motifs is 1. The Balaban J connectivity index is 1.67. The molecule has 4 rings (SSSR count). The Morgan fingerprint density at radius 3 is 2.34 bits per heavy atom. The van der Waals surface area contributed by atoms with Gasteiger partial charge in [-0.05, 0) is 100 Å². The highest BCUT2D eigenvalue weighted by atomic mass is 35.5. The van der Waals surface area contributed by atoms with E-state index < -0.39 is 11.2 Å². The van der Waals surface area contributed by atoms with Crippen LogP contribution in [-0.2, 0) is 16.8 Å². The molecule has 1 aliphatic heterocycles. The number of anilines is 2. The molecule has 1 N–H and O–H groups in total. The van der Waals surface area contributed by atoms with Crippen molar-refractivity contribution in [3.05, 3.63) is 52.8 Å². The first kappa shape index (κ1) is 31.3. The maximum Gasteiger partial charge on any atom is 0.232 e. The fourth-order valence-corrected chi connectivity index (χ4v) is 5.99. The van der Waals surface area contributed by atoms with Gasteiger partial charge < -0.3 is 19.7 Å². The summed E-state index contributed by atoms with van der Waals surface area (Å²) in [4.78, 5) is 23.4. The Bertz CT molecular complexity index is 1320. The number of nitrogens with one attached hydrogen (secondary N) is 1. The van der Waals surface area contributed by atoms with Gasteiger partial charge in [0.2, 0.25) is 11.9 Å². The van der Waals surface area contributed by atoms with Gasteiger partial charge in [-0.3, -0.25) is 4.79 Å². The number of piperidine rings is 1. The lowest BCUT2D eigenvalue weighted by molar-refractivity contribution is -0.137. The molecule has 0 bridgehead atoms. The standard InChI is InChI=1S/C33H47ClFN5O/c1-23(2)21-39(22-24(3)4)31(41)33(5,6)25-11-14-29-30(19-25)40(18-10-17-38-15-8-7-9-16-38)32(37-29)36-26-12-13-28(35)27(34)20-26/h11-14,19-20,23-24H,7-10,15-18,21-22H2,1-6H3,(H,36,37). The van der Waals surface area contributed by atoms with Crippen molar-refractivity contribution in [2.24, 2.45) is 11.8 Å². The number of halogens is 2. The van der Waals surface area contributed by atoms with Crippen LogP contribution in [-0.4, -0.2) is 58.0 Å². The number of aryl methyl sites for hydroxylation is 1. The van der Waals surface area contributed by atoms with Gasteiger partial charge >= 0.3 is 0 Å². The first-order chi connectivity index (χ1) is 19.5. The smallest absolute Gasteiger partial charge is 0.232 e. The molecule has 0 aliphatic carbocycles. The number of hydrogen-bond acceptors (Lipinski definition) is 4. The summed E-state index contributed by atoms with van der Waals surface area (Å²) in [6.07, 6.45) is 4.83. The summed E-state index contributed by atoms with van der Waals surface area (Å²) in [5, 5.41) is 3.44. The number of amides is 1. The van der Waals surface area contributed by atoms with Crippen molar-refractivity contribution in [1.29, 1.82) is 0 Å². The largest absolute Gasteiger partial charge is 0.341 e. The Morgan fingerprint density at radius 2 is 1.71 bits per heavy atom. The fraction of sp³-hybridized carbons (Fsp3) is 0.576. The number of nitrogens with zero attached hydrogens (tertiary/aromatic N) is 4. The molecule has 1 saturated heterocycles. The minimum atomic E-state index is -0.695. The molecule has 1 aromatic heterocycles. The molecule has 224 valence electrons. The predicted molar refractivity (Wildman–Crippen MR) is 169 cm³/mol. The van der Waals surface area contributed by atoms with Crippen molar-refractivity contribution in [3.63, 3.8) is 0 Å².